The van der Waals surface area contributed by atoms with Crippen LogP contribution in [0.2, 0.25) is 0 Å². The van der Waals surface area contributed by atoms with Crippen molar-refractivity contribution in [3.8, 4) is 11.5 Å². The number of hydrogen-bond acceptors (Lipinski definition) is 5. The van der Waals surface area contributed by atoms with Crippen LogP contribution in [-0.4, -0.2) is 36.9 Å². The zero-order valence-corrected chi connectivity index (χ0v) is 16.5. The maximum Gasteiger partial charge on any atom is 0.324 e. The molecule has 2 aromatic carbocycles. The number of ether oxygens (including phenoxy) is 3. The Morgan fingerprint density at radius 2 is 1.07 bits per heavy atom. The quantitative estimate of drug-likeness (QED) is 0.483. The minimum Gasteiger partial charge on any atom is -0.468 e. The van der Waals surface area contributed by atoms with E-state index >= 15 is 0 Å². The number of halogens is 2. The van der Waals surface area contributed by atoms with Crippen LogP contribution in [0.5, 0.6) is 11.5 Å². The first-order valence-corrected chi connectivity index (χ1v) is 9.09. The highest BCUT2D eigenvalue weighted by Gasteiger charge is 2.17. The molecular formula is C20H20Cl2O5. The van der Waals surface area contributed by atoms with Gasteiger partial charge in [0.1, 0.15) is 22.3 Å². The van der Waals surface area contributed by atoms with Crippen LogP contribution >= 0.6 is 23.2 Å². The second-order valence-electron chi connectivity index (χ2n) is 5.78. The summed E-state index contributed by atoms with van der Waals surface area (Å²) in [6.45, 7) is 0. The van der Waals surface area contributed by atoms with Crippen LogP contribution < -0.4 is 4.74 Å². The van der Waals surface area contributed by atoms with Crippen LogP contribution in [0.15, 0.2) is 48.5 Å². The number of alkyl halides is 2. The molecule has 2 atom stereocenters. The molecule has 0 bridgehead atoms. The first-order valence-electron chi connectivity index (χ1n) is 8.22. The van der Waals surface area contributed by atoms with Gasteiger partial charge < -0.3 is 14.2 Å². The molecular weight excluding hydrogens is 391 g/mol. The van der Waals surface area contributed by atoms with Crippen LogP contribution in [0.3, 0.4) is 0 Å². The Bertz CT molecular complexity index is 693. The Hall–Kier alpha value is -2.24. The molecule has 27 heavy (non-hydrogen) atoms. The lowest BCUT2D eigenvalue weighted by Gasteiger charge is -2.10. The van der Waals surface area contributed by atoms with Gasteiger partial charge in [-0.15, -0.1) is 23.2 Å². The number of benzene rings is 2. The SMILES string of the molecule is COC(=O)C(Cl)Cc1ccc(Oc2ccc(CC(Cl)C(=O)OC)cc2)cc1. The number of rotatable bonds is 8. The van der Waals surface area contributed by atoms with Crippen LogP contribution in [0.25, 0.3) is 0 Å². The van der Waals surface area contributed by atoms with Gasteiger partial charge in [-0.25, -0.2) is 0 Å². The highest BCUT2D eigenvalue weighted by atomic mass is 35.5. The Morgan fingerprint density at radius 1 is 0.741 bits per heavy atom. The van der Waals surface area contributed by atoms with Gasteiger partial charge in [0.2, 0.25) is 0 Å². The van der Waals surface area contributed by atoms with E-state index in [9.17, 15) is 9.59 Å². The lowest BCUT2D eigenvalue weighted by molar-refractivity contribution is -0.141. The summed E-state index contributed by atoms with van der Waals surface area (Å²) in [5.41, 5.74) is 1.80. The van der Waals surface area contributed by atoms with Crippen molar-refractivity contribution < 1.29 is 23.8 Å². The third-order valence-electron chi connectivity index (χ3n) is 3.83. The normalized spacial score (nSPS) is 12.7. The summed E-state index contributed by atoms with van der Waals surface area (Å²) in [6, 6.07) is 14.6. The number of carbonyl (C=O) groups excluding carboxylic acids is 2. The molecule has 0 saturated carbocycles. The lowest BCUT2D eigenvalue weighted by atomic mass is 10.1. The summed E-state index contributed by atoms with van der Waals surface area (Å²) in [4.78, 5) is 22.7. The molecule has 0 aliphatic carbocycles. The van der Waals surface area contributed by atoms with Crippen molar-refractivity contribution in [1.82, 2.24) is 0 Å². The molecule has 0 radical (unpaired) electrons. The molecule has 0 amide bonds. The Balaban J connectivity index is 1.93. The van der Waals surface area contributed by atoms with E-state index in [0.717, 1.165) is 11.1 Å². The molecule has 2 aromatic rings. The van der Waals surface area contributed by atoms with Gasteiger partial charge in [0.15, 0.2) is 0 Å². The van der Waals surface area contributed by atoms with Gasteiger partial charge in [-0.2, -0.15) is 0 Å². The second kappa shape index (κ2) is 10.2. The molecule has 0 heterocycles. The van der Waals surface area contributed by atoms with Crippen molar-refractivity contribution >= 4 is 35.1 Å². The first kappa shape index (κ1) is 21.1. The molecule has 2 rings (SSSR count). The minimum absolute atomic E-state index is 0.378. The average Bonchev–Trinajstić information content (AvgIpc) is 2.69. The topological polar surface area (TPSA) is 61.8 Å². The summed E-state index contributed by atoms with van der Waals surface area (Å²) in [6.07, 6.45) is 0.756. The zero-order valence-electron chi connectivity index (χ0n) is 15.0. The van der Waals surface area contributed by atoms with Crippen molar-refractivity contribution in [3.63, 3.8) is 0 Å². The summed E-state index contributed by atoms with van der Waals surface area (Å²) in [7, 11) is 2.62. The fourth-order valence-electron chi connectivity index (χ4n) is 2.36. The van der Waals surface area contributed by atoms with Crippen LogP contribution in [0.1, 0.15) is 11.1 Å². The van der Waals surface area contributed by atoms with Crippen molar-refractivity contribution in [1.29, 1.82) is 0 Å². The molecule has 0 aliphatic heterocycles. The number of methoxy groups -OCH3 is 2. The van der Waals surface area contributed by atoms with Crippen LogP contribution in [0.4, 0.5) is 0 Å². The van der Waals surface area contributed by atoms with Crippen LogP contribution in [-0.2, 0) is 31.9 Å². The third kappa shape index (κ3) is 6.45. The van der Waals surface area contributed by atoms with Gasteiger partial charge in [0, 0.05) is 0 Å². The van der Waals surface area contributed by atoms with Gasteiger partial charge in [-0.1, -0.05) is 24.3 Å². The smallest absolute Gasteiger partial charge is 0.324 e. The number of hydrogen-bond donors (Lipinski definition) is 0. The molecule has 0 spiro atoms. The van der Waals surface area contributed by atoms with E-state index in [0.29, 0.717) is 24.3 Å². The largest absolute Gasteiger partial charge is 0.468 e. The Morgan fingerprint density at radius 3 is 1.37 bits per heavy atom. The van der Waals surface area contributed by atoms with Crippen molar-refractivity contribution in [2.45, 2.75) is 23.6 Å². The van der Waals surface area contributed by atoms with E-state index in [1.54, 1.807) is 24.3 Å². The van der Waals surface area contributed by atoms with Gasteiger partial charge in [0.05, 0.1) is 14.2 Å². The molecule has 0 saturated heterocycles. The molecule has 0 aromatic heterocycles. The molecule has 5 nitrogen and oxygen atoms in total. The minimum atomic E-state index is -0.718. The molecule has 7 heteroatoms. The van der Waals surface area contributed by atoms with Gasteiger partial charge in [0.25, 0.3) is 0 Å². The predicted octanol–water partition coefficient (Wildman–Crippen LogP) is 4.12. The standard InChI is InChI=1S/C20H20Cl2O5/c1-25-19(23)17(21)11-13-3-7-15(8-4-13)27-16-9-5-14(6-10-16)12-18(22)20(24)26-2/h3-10,17-18H,11-12H2,1-2H3. The average molecular weight is 411 g/mol. The summed E-state index contributed by atoms with van der Waals surface area (Å²) in [5.74, 6) is 0.396. The maximum absolute atomic E-state index is 11.4. The summed E-state index contributed by atoms with van der Waals surface area (Å²) in [5, 5.41) is -1.44. The van der Waals surface area contributed by atoms with E-state index in [4.69, 9.17) is 27.9 Å². The fourth-order valence-corrected chi connectivity index (χ4v) is 2.89. The van der Waals surface area contributed by atoms with E-state index < -0.39 is 22.7 Å². The highest BCUT2D eigenvalue weighted by molar-refractivity contribution is 6.30. The number of carbonyl (C=O) groups is 2. The van der Waals surface area contributed by atoms with Crippen molar-refractivity contribution in [2.75, 3.05) is 14.2 Å². The van der Waals surface area contributed by atoms with Gasteiger partial charge in [-0.05, 0) is 48.2 Å². The maximum atomic E-state index is 11.4. The first-order chi connectivity index (χ1) is 12.9. The summed E-state index contributed by atoms with van der Waals surface area (Å²) < 4.78 is 15.0. The number of esters is 2. The van der Waals surface area contributed by atoms with E-state index in [2.05, 4.69) is 9.47 Å². The molecule has 0 fully saturated rings. The van der Waals surface area contributed by atoms with Crippen LogP contribution in [0, 0.1) is 0 Å². The van der Waals surface area contributed by atoms with E-state index in [1.807, 2.05) is 24.3 Å². The van der Waals surface area contributed by atoms with Gasteiger partial charge >= 0.3 is 11.9 Å². The molecule has 2 unspecified atom stereocenters. The monoisotopic (exact) mass is 410 g/mol. The predicted molar refractivity (Wildman–Crippen MR) is 104 cm³/mol. The summed E-state index contributed by atoms with van der Waals surface area (Å²) >= 11 is 11.9. The molecule has 144 valence electrons. The van der Waals surface area contributed by atoms with Crippen molar-refractivity contribution in [2.24, 2.45) is 0 Å². The molecule has 0 N–H and O–H groups in total. The highest BCUT2D eigenvalue weighted by Crippen LogP contribution is 2.23. The second-order valence-corrected chi connectivity index (χ2v) is 6.83. The zero-order chi connectivity index (χ0) is 19.8. The van der Waals surface area contributed by atoms with Gasteiger partial charge in [-0.3, -0.25) is 9.59 Å². The third-order valence-corrected chi connectivity index (χ3v) is 4.49. The van der Waals surface area contributed by atoms with E-state index in [1.165, 1.54) is 14.2 Å². The Labute approximate surface area is 168 Å². The lowest BCUT2D eigenvalue weighted by Crippen LogP contribution is -2.18. The fraction of sp³-hybridized carbons (Fsp3) is 0.300. The Kier molecular flexibility index (Phi) is 7.95. The van der Waals surface area contributed by atoms with E-state index in [-0.39, 0.29) is 0 Å². The molecule has 0 aliphatic rings. The van der Waals surface area contributed by atoms with Crippen molar-refractivity contribution in [3.05, 3.63) is 59.7 Å².